The fraction of sp³-hybridized carbons (Fsp3) is 0.250. The molecule has 3 amide bonds. The van der Waals surface area contributed by atoms with Crippen LogP contribution in [0.2, 0.25) is 0 Å². The van der Waals surface area contributed by atoms with Gasteiger partial charge in [0.1, 0.15) is 17.4 Å². The van der Waals surface area contributed by atoms with Gasteiger partial charge in [-0.1, -0.05) is 24.3 Å². The molecule has 1 heterocycles. The van der Waals surface area contributed by atoms with Crippen LogP contribution >= 0.6 is 0 Å². The van der Waals surface area contributed by atoms with Crippen LogP contribution in [0.5, 0.6) is 11.5 Å². The number of phenolic OH excluding ortho intramolecular Hbond substituents is 1. The number of aliphatic imine (C=N–C) groups is 1. The first kappa shape index (κ1) is 18.4. The SMILES string of the molecule is CCOc1ccccc1NC(=O)C1C(C)=NC(=O)NC1c1ccc(O)cc1. The highest BCUT2D eigenvalue weighted by Gasteiger charge is 2.37. The minimum Gasteiger partial charge on any atom is -0.508 e. The third-order valence-electron chi connectivity index (χ3n) is 4.32. The summed E-state index contributed by atoms with van der Waals surface area (Å²) in [6.07, 6.45) is 0. The van der Waals surface area contributed by atoms with E-state index in [1.54, 1.807) is 37.3 Å². The quantitative estimate of drug-likeness (QED) is 0.755. The molecule has 0 radical (unpaired) electrons. The van der Waals surface area contributed by atoms with E-state index < -0.39 is 18.0 Å². The Balaban J connectivity index is 1.91. The summed E-state index contributed by atoms with van der Waals surface area (Å²) in [6.45, 7) is 4.00. The van der Waals surface area contributed by atoms with Crippen molar-refractivity contribution in [3.8, 4) is 11.5 Å². The maximum Gasteiger partial charge on any atom is 0.341 e. The number of nitrogens with zero attached hydrogens (tertiary/aromatic N) is 1. The lowest BCUT2D eigenvalue weighted by Gasteiger charge is -2.30. The van der Waals surface area contributed by atoms with Gasteiger partial charge in [0.05, 0.1) is 18.3 Å². The molecule has 2 unspecified atom stereocenters. The lowest BCUT2D eigenvalue weighted by molar-refractivity contribution is -0.118. The van der Waals surface area contributed by atoms with Gasteiger partial charge in [0, 0.05) is 5.71 Å². The summed E-state index contributed by atoms with van der Waals surface area (Å²) in [4.78, 5) is 28.8. The summed E-state index contributed by atoms with van der Waals surface area (Å²) in [6, 6.07) is 12.5. The number of urea groups is 1. The number of anilines is 1. The number of benzene rings is 2. The third kappa shape index (κ3) is 4.08. The first-order chi connectivity index (χ1) is 13.0. The maximum absolute atomic E-state index is 13.0. The Morgan fingerprint density at radius 1 is 1.22 bits per heavy atom. The summed E-state index contributed by atoms with van der Waals surface area (Å²) in [5, 5.41) is 15.1. The number of hydrogen-bond donors (Lipinski definition) is 3. The van der Waals surface area contributed by atoms with E-state index in [4.69, 9.17) is 4.74 Å². The van der Waals surface area contributed by atoms with Crippen molar-refractivity contribution in [1.82, 2.24) is 5.32 Å². The van der Waals surface area contributed by atoms with E-state index in [-0.39, 0.29) is 11.7 Å². The molecular formula is C20H21N3O4. The number of para-hydroxylation sites is 2. The van der Waals surface area contributed by atoms with Crippen molar-refractivity contribution in [3.63, 3.8) is 0 Å². The number of ether oxygens (including phenoxy) is 1. The Labute approximate surface area is 157 Å². The molecule has 7 nitrogen and oxygen atoms in total. The Bertz CT molecular complexity index is 877. The Morgan fingerprint density at radius 2 is 1.93 bits per heavy atom. The van der Waals surface area contributed by atoms with Crippen LogP contribution in [0.15, 0.2) is 53.5 Å². The van der Waals surface area contributed by atoms with Crippen LogP contribution < -0.4 is 15.4 Å². The summed E-state index contributed by atoms with van der Waals surface area (Å²) in [5.74, 6) is -0.315. The van der Waals surface area contributed by atoms with Gasteiger partial charge >= 0.3 is 6.03 Å². The normalized spacial score (nSPS) is 19.0. The Kier molecular flexibility index (Phi) is 5.40. The molecule has 7 heteroatoms. The van der Waals surface area contributed by atoms with Crippen LogP contribution in [-0.2, 0) is 4.79 Å². The average Bonchev–Trinajstić information content (AvgIpc) is 2.63. The predicted molar refractivity (Wildman–Crippen MR) is 102 cm³/mol. The average molecular weight is 367 g/mol. The molecule has 27 heavy (non-hydrogen) atoms. The van der Waals surface area contributed by atoms with Crippen LogP contribution in [0, 0.1) is 5.92 Å². The van der Waals surface area contributed by atoms with Gasteiger partial charge in [0.2, 0.25) is 5.91 Å². The number of carbonyl (C=O) groups is 2. The molecule has 3 N–H and O–H groups in total. The lowest BCUT2D eigenvalue weighted by Crippen LogP contribution is -2.45. The Hall–Kier alpha value is -3.35. The fourth-order valence-electron chi connectivity index (χ4n) is 3.08. The number of rotatable bonds is 5. The van der Waals surface area contributed by atoms with Gasteiger partial charge in [-0.15, -0.1) is 0 Å². The van der Waals surface area contributed by atoms with Crippen LogP contribution in [-0.4, -0.2) is 29.4 Å². The fourth-order valence-corrected chi connectivity index (χ4v) is 3.08. The van der Waals surface area contributed by atoms with E-state index in [2.05, 4.69) is 15.6 Å². The minimum absolute atomic E-state index is 0.109. The van der Waals surface area contributed by atoms with Gasteiger partial charge in [-0.25, -0.2) is 9.79 Å². The molecule has 3 rings (SSSR count). The van der Waals surface area contributed by atoms with Crippen molar-refractivity contribution < 1.29 is 19.4 Å². The molecule has 0 aromatic heterocycles. The van der Waals surface area contributed by atoms with Crippen molar-refractivity contribution in [2.24, 2.45) is 10.9 Å². The smallest absolute Gasteiger partial charge is 0.341 e. The van der Waals surface area contributed by atoms with Crippen molar-refractivity contribution in [3.05, 3.63) is 54.1 Å². The van der Waals surface area contributed by atoms with Gasteiger partial charge in [-0.2, -0.15) is 0 Å². The summed E-state index contributed by atoms with van der Waals surface area (Å²) in [5.41, 5.74) is 1.68. The number of amides is 3. The minimum atomic E-state index is -0.693. The van der Waals surface area contributed by atoms with Crippen molar-refractivity contribution in [2.45, 2.75) is 19.9 Å². The van der Waals surface area contributed by atoms with Crippen molar-refractivity contribution in [1.29, 1.82) is 0 Å². The number of hydrogen-bond acceptors (Lipinski definition) is 4. The van der Waals surface area contributed by atoms with E-state index in [0.717, 1.165) is 0 Å². The summed E-state index contributed by atoms with van der Waals surface area (Å²) in [7, 11) is 0. The van der Waals surface area contributed by atoms with Crippen LogP contribution in [0.4, 0.5) is 10.5 Å². The molecule has 1 aliphatic heterocycles. The highest BCUT2D eigenvalue weighted by atomic mass is 16.5. The molecule has 2 aromatic rings. The van der Waals surface area contributed by atoms with Gasteiger partial charge in [-0.3, -0.25) is 4.79 Å². The second-order valence-corrected chi connectivity index (χ2v) is 6.17. The number of nitrogens with one attached hydrogen (secondary N) is 2. The zero-order valence-corrected chi connectivity index (χ0v) is 15.1. The number of carbonyl (C=O) groups excluding carboxylic acids is 2. The van der Waals surface area contributed by atoms with Gasteiger partial charge in [-0.05, 0) is 43.7 Å². The van der Waals surface area contributed by atoms with Crippen LogP contribution in [0.25, 0.3) is 0 Å². The van der Waals surface area contributed by atoms with Gasteiger partial charge in [0.25, 0.3) is 0 Å². The molecular weight excluding hydrogens is 346 g/mol. The molecule has 2 atom stereocenters. The number of aromatic hydroxyl groups is 1. The second kappa shape index (κ2) is 7.90. The maximum atomic E-state index is 13.0. The van der Waals surface area contributed by atoms with E-state index in [9.17, 15) is 14.7 Å². The first-order valence-corrected chi connectivity index (χ1v) is 8.67. The highest BCUT2D eigenvalue weighted by Crippen LogP contribution is 2.31. The molecule has 140 valence electrons. The van der Waals surface area contributed by atoms with E-state index in [1.807, 2.05) is 13.0 Å². The predicted octanol–water partition coefficient (Wildman–Crippen LogP) is 3.27. The zero-order chi connectivity index (χ0) is 19.4. The van der Waals surface area contributed by atoms with Gasteiger partial charge < -0.3 is 20.5 Å². The zero-order valence-electron chi connectivity index (χ0n) is 15.1. The van der Waals surface area contributed by atoms with E-state index >= 15 is 0 Å². The van der Waals surface area contributed by atoms with Crippen molar-refractivity contribution in [2.75, 3.05) is 11.9 Å². The monoisotopic (exact) mass is 367 g/mol. The Morgan fingerprint density at radius 3 is 2.63 bits per heavy atom. The van der Waals surface area contributed by atoms with Gasteiger partial charge in [0.15, 0.2) is 0 Å². The molecule has 0 saturated heterocycles. The number of phenols is 1. The molecule has 0 saturated carbocycles. The molecule has 2 aromatic carbocycles. The summed E-state index contributed by atoms with van der Waals surface area (Å²) < 4.78 is 5.55. The van der Waals surface area contributed by atoms with E-state index in [1.165, 1.54) is 12.1 Å². The first-order valence-electron chi connectivity index (χ1n) is 8.67. The molecule has 1 aliphatic rings. The molecule has 0 spiro atoms. The topological polar surface area (TPSA) is 100 Å². The van der Waals surface area contributed by atoms with Crippen LogP contribution in [0.1, 0.15) is 25.5 Å². The highest BCUT2D eigenvalue weighted by molar-refractivity contribution is 6.13. The van der Waals surface area contributed by atoms with E-state index in [0.29, 0.717) is 29.3 Å². The third-order valence-corrected chi connectivity index (χ3v) is 4.32. The summed E-state index contributed by atoms with van der Waals surface area (Å²) >= 11 is 0. The second-order valence-electron chi connectivity index (χ2n) is 6.17. The van der Waals surface area contributed by atoms with Crippen LogP contribution in [0.3, 0.4) is 0 Å². The molecule has 0 aliphatic carbocycles. The molecule has 0 bridgehead atoms. The largest absolute Gasteiger partial charge is 0.508 e. The standard InChI is InChI=1S/C20H21N3O4/c1-3-27-16-7-5-4-6-15(16)22-19(25)17-12(2)21-20(26)23-18(17)13-8-10-14(24)11-9-13/h4-11,17-18,24H,3H2,1-2H3,(H,22,25)(H,23,26). The lowest BCUT2D eigenvalue weighted by atomic mass is 9.87. The van der Waals surface area contributed by atoms with Crippen molar-refractivity contribution >= 4 is 23.3 Å². The molecule has 0 fully saturated rings.